The molecule has 1 aliphatic rings. The molecule has 1 aliphatic heterocycles. The first-order valence-corrected chi connectivity index (χ1v) is 9.33. The first-order chi connectivity index (χ1) is 12.8. The van der Waals surface area contributed by atoms with Crippen molar-refractivity contribution in [2.24, 2.45) is 0 Å². The fraction of sp³-hybridized carbons (Fsp3) is 0.300. The maximum Gasteiger partial charge on any atom is 0.295 e. The summed E-state index contributed by atoms with van der Waals surface area (Å²) in [7, 11) is 3.78. The lowest BCUT2D eigenvalue weighted by atomic mass is 9.98. The van der Waals surface area contributed by atoms with Crippen LogP contribution in [-0.2, 0) is 9.59 Å². The molecule has 2 heterocycles. The SMILES string of the molecule is Cc1cc(/C(O)=C2/C(=O)C(=O)N(CCN(C)C)C2c2ccco2)ccc1Br. The van der Waals surface area contributed by atoms with Crippen LogP contribution >= 0.6 is 15.9 Å². The Morgan fingerprint density at radius 3 is 2.63 bits per heavy atom. The van der Waals surface area contributed by atoms with Gasteiger partial charge in [-0.3, -0.25) is 9.59 Å². The second-order valence-electron chi connectivity index (χ2n) is 6.78. The molecule has 142 valence electrons. The molecule has 0 bridgehead atoms. The van der Waals surface area contributed by atoms with Crippen LogP contribution in [0.3, 0.4) is 0 Å². The Bertz CT molecular complexity index is 903. The molecule has 6 nitrogen and oxygen atoms in total. The Hall–Kier alpha value is -2.38. The fourth-order valence-electron chi connectivity index (χ4n) is 3.11. The number of carbonyl (C=O) groups excluding carboxylic acids is 2. The van der Waals surface area contributed by atoms with Crippen LogP contribution < -0.4 is 0 Å². The van der Waals surface area contributed by atoms with E-state index in [0.717, 1.165) is 10.0 Å². The number of aliphatic hydroxyl groups excluding tert-OH is 1. The van der Waals surface area contributed by atoms with Gasteiger partial charge in [0.2, 0.25) is 0 Å². The predicted octanol–water partition coefficient (Wildman–Crippen LogP) is 3.33. The third kappa shape index (κ3) is 3.70. The largest absolute Gasteiger partial charge is 0.507 e. The number of aliphatic hydroxyl groups is 1. The number of likely N-dealkylation sites (tertiary alicyclic amines) is 1. The van der Waals surface area contributed by atoms with E-state index in [4.69, 9.17) is 4.42 Å². The van der Waals surface area contributed by atoms with Crippen LogP contribution in [0.15, 0.2) is 51.1 Å². The molecule has 0 aliphatic carbocycles. The van der Waals surface area contributed by atoms with Gasteiger partial charge in [0.25, 0.3) is 11.7 Å². The molecular weight excluding hydrogens is 412 g/mol. The lowest BCUT2D eigenvalue weighted by Gasteiger charge is -2.24. The number of ketones is 1. The highest BCUT2D eigenvalue weighted by atomic mass is 79.9. The molecule has 0 saturated carbocycles. The van der Waals surface area contributed by atoms with Gasteiger partial charge in [-0.25, -0.2) is 0 Å². The standard InChI is InChI=1S/C20H21BrN2O4/c1-12-11-13(6-7-14(12)21)18(24)16-17(15-5-4-10-27-15)23(9-8-22(2)3)20(26)19(16)25/h4-7,10-11,17,24H,8-9H2,1-3H3/b18-16-. The minimum Gasteiger partial charge on any atom is -0.507 e. The minimum atomic E-state index is -0.746. The molecule has 1 fully saturated rings. The lowest BCUT2D eigenvalue weighted by Crippen LogP contribution is -2.35. The molecule has 1 unspecified atom stereocenters. The molecule has 0 radical (unpaired) electrons. The average Bonchev–Trinajstić information content (AvgIpc) is 3.23. The molecule has 1 saturated heterocycles. The predicted molar refractivity (Wildman–Crippen MR) is 105 cm³/mol. The van der Waals surface area contributed by atoms with Gasteiger partial charge in [0.05, 0.1) is 11.8 Å². The summed E-state index contributed by atoms with van der Waals surface area (Å²) >= 11 is 3.42. The summed E-state index contributed by atoms with van der Waals surface area (Å²) in [6.45, 7) is 2.82. The number of benzene rings is 1. The van der Waals surface area contributed by atoms with E-state index in [0.29, 0.717) is 24.4 Å². The molecule has 2 aromatic rings. The summed E-state index contributed by atoms with van der Waals surface area (Å²) in [5.41, 5.74) is 1.45. The van der Waals surface area contributed by atoms with Crippen LogP contribution in [0.4, 0.5) is 0 Å². The highest BCUT2D eigenvalue weighted by Gasteiger charge is 2.47. The van der Waals surface area contributed by atoms with Gasteiger partial charge in [-0.15, -0.1) is 0 Å². The van der Waals surface area contributed by atoms with Crippen LogP contribution in [0.5, 0.6) is 0 Å². The third-order valence-corrected chi connectivity index (χ3v) is 5.46. The first kappa shape index (κ1) is 19.4. The highest BCUT2D eigenvalue weighted by Crippen LogP contribution is 2.39. The highest BCUT2D eigenvalue weighted by molar-refractivity contribution is 9.10. The number of carbonyl (C=O) groups is 2. The average molecular weight is 433 g/mol. The molecule has 1 N–H and O–H groups in total. The summed E-state index contributed by atoms with van der Waals surface area (Å²) in [4.78, 5) is 28.8. The van der Waals surface area contributed by atoms with Crippen molar-refractivity contribution in [3.63, 3.8) is 0 Å². The molecule has 27 heavy (non-hydrogen) atoms. The van der Waals surface area contributed by atoms with E-state index in [1.54, 1.807) is 30.3 Å². The number of aryl methyl sites for hydroxylation is 1. The Morgan fingerprint density at radius 1 is 1.30 bits per heavy atom. The number of likely N-dealkylation sites (N-methyl/N-ethyl adjacent to an activating group) is 1. The molecule has 7 heteroatoms. The summed E-state index contributed by atoms with van der Waals surface area (Å²) < 4.78 is 6.39. The summed E-state index contributed by atoms with van der Waals surface area (Å²) in [6, 6.07) is 7.94. The van der Waals surface area contributed by atoms with Crippen LogP contribution in [0.2, 0.25) is 0 Å². The molecule has 0 spiro atoms. The number of rotatable bonds is 5. The van der Waals surface area contributed by atoms with Gasteiger partial charge < -0.3 is 19.3 Å². The van der Waals surface area contributed by atoms with E-state index in [2.05, 4.69) is 15.9 Å². The Morgan fingerprint density at radius 2 is 2.04 bits per heavy atom. The number of Topliss-reactive ketones (excluding diaryl/α,β-unsaturated/α-hetero) is 1. The summed E-state index contributed by atoms with van der Waals surface area (Å²) in [6.07, 6.45) is 1.49. The smallest absolute Gasteiger partial charge is 0.295 e. The van der Waals surface area contributed by atoms with E-state index in [1.807, 2.05) is 25.9 Å². The van der Waals surface area contributed by atoms with Gasteiger partial charge in [0.15, 0.2) is 0 Å². The zero-order chi connectivity index (χ0) is 19.7. The van der Waals surface area contributed by atoms with Crippen LogP contribution in [0.1, 0.15) is 22.9 Å². The van der Waals surface area contributed by atoms with Gasteiger partial charge in [-0.1, -0.05) is 22.0 Å². The quantitative estimate of drug-likeness (QED) is 0.445. The monoisotopic (exact) mass is 432 g/mol. The van der Waals surface area contributed by atoms with Gasteiger partial charge in [-0.2, -0.15) is 0 Å². The molecule has 1 amide bonds. The lowest BCUT2D eigenvalue weighted by molar-refractivity contribution is -0.140. The van der Waals surface area contributed by atoms with E-state index < -0.39 is 17.7 Å². The summed E-state index contributed by atoms with van der Waals surface area (Å²) in [5.74, 6) is -1.08. The Balaban J connectivity index is 2.12. The number of halogens is 1. The van der Waals surface area contributed by atoms with Crippen molar-refractivity contribution in [3.8, 4) is 0 Å². The number of furan rings is 1. The zero-order valence-corrected chi connectivity index (χ0v) is 17.0. The van der Waals surface area contributed by atoms with E-state index in [9.17, 15) is 14.7 Å². The number of amides is 1. The van der Waals surface area contributed by atoms with E-state index >= 15 is 0 Å². The molecule has 3 rings (SSSR count). The van der Waals surface area contributed by atoms with E-state index in [1.165, 1.54) is 11.2 Å². The Labute approximate surface area is 166 Å². The number of hydrogen-bond donors (Lipinski definition) is 1. The van der Waals surface area contributed by atoms with Crippen molar-refractivity contribution in [2.45, 2.75) is 13.0 Å². The Kier molecular flexibility index (Phi) is 5.53. The van der Waals surface area contributed by atoms with Gasteiger partial charge in [0, 0.05) is 23.1 Å². The second-order valence-corrected chi connectivity index (χ2v) is 7.63. The second kappa shape index (κ2) is 7.70. The summed E-state index contributed by atoms with van der Waals surface area (Å²) in [5, 5.41) is 10.9. The minimum absolute atomic E-state index is 0.0513. The van der Waals surface area contributed by atoms with Crippen molar-refractivity contribution in [3.05, 3.63) is 63.5 Å². The zero-order valence-electron chi connectivity index (χ0n) is 15.4. The topological polar surface area (TPSA) is 74.0 Å². The fourth-order valence-corrected chi connectivity index (χ4v) is 3.36. The van der Waals surface area contributed by atoms with Gasteiger partial charge >= 0.3 is 0 Å². The molecular formula is C20H21BrN2O4. The molecule has 1 aromatic heterocycles. The van der Waals surface area contributed by atoms with Gasteiger partial charge in [0.1, 0.15) is 17.6 Å². The third-order valence-electron chi connectivity index (χ3n) is 4.57. The molecule has 1 aromatic carbocycles. The van der Waals surface area contributed by atoms with Crippen molar-refractivity contribution >= 4 is 33.4 Å². The van der Waals surface area contributed by atoms with Crippen LogP contribution in [-0.4, -0.2) is 53.8 Å². The van der Waals surface area contributed by atoms with Crippen molar-refractivity contribution in [1.82, 2.24) is 9.80 Å². The van der Waals surface area contributed by atoms with E-state index in [-0.39, 0.29) is 11.3 Å². The number of hydrogen-bond acceptors (Lipinski definition) is 5. The first-order valence-electron chi connectivity index (χ1n) is 8.54. The van der Waals surface area contributed by atoms with Crippen LogP contribution in [0.25, 0.3) is 5.76 Å². The normalized spacial score (nSPS) is 19.3. The van der Waals surface area contributed by atoms with Crippen molar-refractivity contribution in [1.29, 1.82) is 0 Å². The maximum atomic E-state index is 12.8. The van der Waals surface area contributed by atoms with Crippen molar-refractivity contribution < 1.29 is 19.1 Å². The van der Waals surface area contributed by atoms with Gasteiger partial charge in [-0.05, 0) is 50.8 Å². The molecule has 1 atom stereocenters. The van der Waals surface area contributed by atoms with Crippen molar-refractivity contribution in [2.75, 3.05) is 27.2 Å². The number of nitrogens with zero attached hydrogens (tertiary/aromatic N) is 2. The maximum absolute atomic E-state index is 12.8. The van der Waals surface area contributed by atoms with Crippen LogP contribution in [0, 0.1) is 6.92 Å².